The Hall–Kier alpha value is -3.30. The average molecular weight is 442 g/mol. The molecule has 0 unspecified atom stereocenters. The summed E-state index contributed by atoms with van der Waals surface area (Å²) in [5, 5.41) is 2.68. The Morgan fingerprint density at radius 1 is 1.13 bits per heavy atom. The summed E-state index contributed by atoms with van der Waals surface area (Å²) in [6.07, 6.45) is 3.05. The lowest BCUT2D eigenvalue weighted by atomic mass is 10.2. The van der Waals surface area contributed by atoms with Gasteiger partial charge in [-0.25, -0.2) is 13.1 Å². The van der Waals surface area contributed by atoms with Crippen molar-refractivity contribution in [2.24, 2.45) is 0 Å². The van der Waals surface area contributed by atoms with Crippen LogP contribution in [-0.4, -0.2) is 27.5 Å². The fourth-order valence-corrected chi connectivity index (χ4v) is 4.28. The first kappa shape index (κ1) is 21.0. The fraction of sp³-hybridized carbons (Fsp3) is 0.227. The van der Waals surface area contributed by atoms with Crippen molar-refractivity contribution in [2.45, 2.75) is 30.4 Å². The van der Waals surface area contributed by atoms with Crippen LogP contribution in [0.15, 0.2) is 70.2 Å². The third-order valence-corrected chi connectivity index (χ3v) is 6.24. The van der Waals surface area contributed by atoms with Crippen molar-refractivity contribution >= 4 is 21.6 Å². The summed E-state index contributed by atoms with van der Waals surface area (Å²) in [5.41, 5.74) is 0.775. The van der Waals surface area contributed by atoms with Gasteiger partial charge in [-0.05, 0) is 49.2 Å². The second-order valence-corrected chi connectivity index (χ2v) is 8.80. The molecule has 8 nitrogen and oxygen atoms in total. The molecule has 9 heteroatoms. The molecule has 1 fully saturated rings. The molecule has 2 N–H and O–H groups in total. The highest BCUT2D eigenvalue weighted by Gasteiger charge is 2.28. The van der Waals surface area contributed by atoms with E-state index in [1.165, 1.54) is 31.6 Å². The molecule has 0 atom stereocenters. The molecule has 1 aliphatic rings. The lowest BCUT2D eigenvalue weighted by molar-refractivity contribution is 0.0993. The predicted octanol–water partition coefficient (Wildman–Crippen LogP) is 3.56. The third kappa shape index (κ3) is 5.07. The summed E-state index contributed by atoms with van der Waals surface area (Å²) >= 11 is 0. The van der Waals surface area contributed by atoms with Gasteiger partial charge in [0.05, 0.1) is 24.0 Å². The minimum atomic E-state index is -3.68. The monoisotopic (exact) mass is 442 g/mol. The van der Waals surface area contributed by atoms with Crippen LogP contribution in [0.1, 0.15) is 29.0 Å². The number of nitrogens with one attached hydrogen (secondary N) is 2. The van der Waals surface area contributed by atoms with E-state index in [1.807, 2.05) is 30.3 Å². The standard InChI is InChI=1S/C22H22N2O6S/c1-28-20-10-9-18(31(26,27)24-16-7-8-16)13-19(20)23-22(25)21-15(11-12-29-21)14-30-17-5-3-2-4-6-17/h2-6,9-13,16,24H,7-8,14H2,1H3,(H,23,25). The van der Waals surface area contributed by atoms with Gasteiger partial charge < -0.3 is 19.2 Å². The highest BCUT2D eigenvalue weighted by atomic mass is 32.2. The molecule has 2 aromatic carbocycles. The Morgan fingerprint density at radius 2 is 1.90 bits per heavy atom. The first-order chi connectivity index (χ1) is 15.0. The van der Waals surface area contributed by atoms with Gasteiger partial charge in [-0.2, -0.15) is 0 Å². The molecule has 162 valence electrons. The highest BCUT2D eigenvalue weighted by Crippen LogP contribution is 2.30. The summed E-state index contributed by atoms with van der Waals surface area (Å²) in [6.45, 7) is 0.139. The molecular weight excluding hydrogens is 420 g/mol. The SMILES string of the molecule is COc1ccc(S(=O)(=O)NC2CC2)cc1NC(=O)c1occc1COc1ccccc1. The molecule has 1 aromatic heterocycles. The molecule has 1 amide bonds. The molecule has 4 rings (SSSR count). The van der Waals surface area contributed by atoms with Crippen LogP contribution in [0.2, 0.25) is 0 Å². The van der Waals surface area contributed by atoms with Gasteiger partial charge in [0.2, 0.25) is 10.0 Å². The van der Waals surface area contributed by atoms with E-state index in [1.54, 1.807) is 6.07 Å². The summed E-state index contributed by atoms with van der Waals surface area (Å²) in [6, 6.07) is 15.1. The van der Waals surface area contributed by atoms with Crippen LogP contribution in [0.25, 0.3) is 0 Å². The van der Waals surface area contributed by atoms with Crippen molar-refractivity contribution in [1.82, 2.24) is 4.72 Å². The first-order valence-corrected chi connectivity index (χ1v) is 11.2. The van der Waals surface area contributed by atoms with Crippen molar-refractivity contribution < 1.29 is 27.1 Å². The van der Waals surface area contributed by atoms with Crippen molar-refractivity contribution in [2.75, 3.05) is 12.4 Å². The van der Waals surface area contributed by atoms with Gasteiger partial charge in [-0.1, -0.05) is 18.2 Å². The van der Waals surface area contributed by atoms with Crippen LogP contribution in [-0.2, 0) is 16.6 Å². The molecule has 0 radical (unpaired) electrons. The smallest absolute Gasteiger partial charge is 0.291 e. The molecule has 1 heterocycles. The van der Waals surface area contributed by atoms with Crippen molar-refractivity contribution in [3.8, 4) is 11.5 Å². The Kier molecular flexibility index (Phi) is 5.97. The summed E-state index contributed by atoms with van der Waals surface area (Å²) in [5.74, 6) is 0.521. The van der Waals surface area contributed by atoms with Crippen molar-refractivity contribution in [3.05, 3.63) is 72.2 Å². The van der Waals surface area contributed by atoms with Gasteiger partial charge >= 0.3 is 0 Å². The van der Waals surface area contributed by atoms with E-state index in [0.29, 0.717) is 17.1 Å². The van der Waals surface area contributed by atoms with Gasteiger partial charge in [0.15, 0.2) is 5.76 Å². The van der Waals surface area contributed by atoms with E-state index in [0.717, 1.165) is 12.8 Å². The minimum absolute atomic E-state index is 0.0274. The van der Waals surface area contributed by atoms with E-state index in [4.69, 9.17) is 13.9 Å². The number of furan rings is 1. The number of benzene rings is 2. The van der Waals surface area contributed by atoms with Crippen LogP contribution >= 0.6 is 0 Å². The second-order valence-electron chi connectivity index (χ2n) is 7.09. The number of para-hydroxylation sites is 1. The van der Waals surface area contributed by atoms with Crippen LogP contribution in [0.5, 0.6) is 11.5 Å². The average Bonchev–Trinajstić information content (AvgIpc) is 3.44. The van der Waals surface area contributed by atoms with E-state index in [9.17, 15) is 13.2 Å². The molecule has 3 aromatic rings. The predicted molar refractivity (Wildman–Crippen MR) is 114 cm³/mol. The number of methoxy groups -OCH3 is 1. The van der Waals surface area contributed by atoms with Gasteiger partial charge in [-0.3, -0.25) is 4.79 Å². The fourth-order valence-electron chi connectivity index (χ4n) is 2.95. The molecular formula is C22H22N2O6S. The molecule has 0 aliphatic heterocycles. The quantitative estimate of drug-likeness (QED) is 0.525. The zero-order valence-corrected chi connectivity index (χ0v) is 17.6. The number of amides is 1. The van der Waals surface area contributed by atoms with Gasteiger partial charge in [-0.15, -0.1) is 0 Å². The van der Waals surface area contributed by atoms with Gasteiger partial charge in [0, 0.05) is 11.6 Å². The number of hydrogen-bond acceptors (Lipinski definition) is 6. The summed E-state index contributed by atoms with van der Waals surface area (Å²) in [7, 11) is -2.24. The van der Waals surface area contributed by atoms with Crippen molar-refractivity contribution in [3.63, 3.8) is 0 Å². The lowest BCUT2D eigenvalue weighted by Gasteiger charge is -2.13. The van der Waals surface area contributed by atoms with E-state index in [2.05, 4.69) is 10.0 Å². The van der Waals surface area contributed by atoms with Crippen molar-refractivity contribution in [1.29, 1.82) is 0 Å². The van der Waals surface area contributed by atoms with Gasteiger partial charge in [0.25, 0.3) is 5.91 Å². The largest absolute Gasteiger partial charge is 0.495 e. The highest BCUT2D eigenvalue weighted by molar-refractivity contribution is 7.89. The molecule has 31 heavy (non-hydrogen) atoms. The minimum Gasteiger partial charge on any atom is -0.495 e. The maximum atomic E-state index is 12.8. The first-order valence-electron chi connectivity index (χ1n) is 9.72. The Morgan fingerprint density at radius 3 is 2.61 bits per heavy atom. The van der Waals surface area contributed by atoms with E-state index < -0.39 is 15.9 Å². The maximum Gasteiger partial charge on any atom is 0.291 e. The second kappa shape index (κ2) is 8.83. The summed E-state index contributed by atoms with van der Waals surface area (Å²) < 4.78 is 44.0. The van der Waals surface area contributed by atoms with Gasteiger partial charge in [0.1, 0.15) is 18.1 Å². The molecule has 1 saturated carbocycles. The summed E-state index contributed by atoms with van der Waals surface area (Å²) in [4.78, 5) is 12.9. The molecule has 0 bridgehead atoms. The number of carbonyl (C=O) groups is 1. The topological polar surface area (TPSA) is 107 Å². The van der Waals surface area contributed by atoms with Crippen LogP contribution in [0, 0.1) is 0 Å². The van der Waals surface area contributed by atoms with Crippen LogP contribution < -0.4 is 19.5 Å². The number of carbonyl (C=O) groups excluding carboxylic acids is 1. The Bertz CT molecular complexity index is 1170. The molecule has 1 aliphatic carbocycles. The maximum absolute atomic E-state index is 12.8. The van der Waals surface area contributed by atoms with E-state index in [-0.39, 0.29) is 29.0 Å². The number of ether oxygens (including phenoxy) is 2. The lowest BCUT2D eigenvalue weighted by Crippen LogP contribution is -2.26. The zero-order chi connectivity index (χ0) is 21.8. The molecule has 0 spiro atoms. The Balaban J connectivity index is 1.52. The van der Waals surface area contributed by atoms with Crippen LogP contribution in [0.4, 0.5) is 5.69 Å². The third-order valence-electron chi connectivity index (χ3n) is 4.72. The number of rotatable bonds is 9. The number of hydrogen-bond donors (Lipinski definition) is 2. The normalized spacial score (nSPS) is 13.6. The van der Waals surface area contributed by atoms with E-state index >= 15 is 0 Å². The zero-order valence-electron chi connectivity index (χ0n) is 16.8. The Labute approximate surface area is 180 Å². The van der Waals surface area contributed by atoms with Crippen LogP contribution in [0.3, 0.4) is 0 Å². The number of sulfonamides is 1. The molecule has 0 saturated heterocycles. The number of anilines is 1.